The fourth-order valence-corrected chi connectivity index (χ4v) is 1.62. The van der Waals surface area contributed by atoms with Gasteiger partial charge in [-0.25, -0.2) is 13.5 Å². The van der Waals surface area contributed by atoms with Crippen molar-refractivity contribution in [3.05, 3.63) is 47.3 Å². The Morgan fingerprint density at radius 2 is 2.00 bits per heavy atom. The summed E-state index contributed by atoms with van der Waals surface area (Å²) in [6, 6.07) is 3.60. The Hall–Kier alpha value is -1.82. The highest BCUT2D eigenvalue weighted by molar-refractivity contribution is 5.21. The number of hydrogen-bond donors (Lipinski definition) is 1. The second-order valence-corrected chi connectivity index (χ2v) is 3.70. The van der Waals surface area contributed by atoms with Crippen LogP contribution in [0.25, 0.3) is 0 Å². The van der Waals surface area contributed by atoms with E-state index >= 15 is 0 Å². The SMILES string of the molecule is Cn1nncc1C(O)Cc1c(F)cccc1F. The van der Waals surface area contributed by atoms with Crippen molar-refractivity contribution in [2.24, 2.45) is 7.05 Å². The van der Waals surface area contributed by atoms with Crippen LogP contribution < -0.4 is 0 Å². The van der Waals surface area contributed by atoms with E-state index in [2.05, 4.69) is 10.3 Å². The Balaban J connectivity index is 2.25. The molecule has 2 rings (SSSR count). The van der Waals surface area contributed by atoms with Gasteiger partial charge in [0.2, 0.25) is 0 Å². The van der Waals surface area contributed by atoms with Crippen LogP contribution in [0.5, 0.6) is 0 Å². The molecule has 1 unspecified atom stereocenters. The maximum absolute atomic E-state index is 13.4. The van der Waals surface area contributed by atoms with E-state index in [1.807, 2.05) is 0 Å². The lowest BCUT2D eigenvalue weighted by Crippen LogP contribution is -2.10. The molecule has 0 fully saturated rings. The molecule has 0 radical (unpaired) electrons. The first kappa shape index (κ1) is 11.7. The zero-order chi connectivity index (χ0) is 12.4. The Morgan fingerprint density at radius 3 is 2.53 bits per heavy atom. The van der Waals surface area contributed by atoms with Gasteiger partial charge in [-0.15, -0.1) is 5.10 Å². The first-order valence-corrected chi connectivity index (χ1v) is 5.05. The molecular formula is C11H11F2N3O. The normalized spacial score (nSPS) is 12.7. The van der Waals surface area contributed by atoms with Gasteiger partial charge in [-0.2, -0.15) is 0 Å². The summed E-state index contributed by atoms with van der Waals surface area (Å²) in [5, 5.41) is 17.1. The molecule has 90 valence electrons. The van der Waals surface area contributed by atoms with Gasteiger partial charge in [-0.3, -0.25) is 0 Å². The highest BCUT2D eigenvalue weighted by Gasteiger charge is 2.17. The van der Waals surface area contributed by atoms with Crippen molar-refractivity contribution in [1.29, 1.82) is 0 Å². The van der Waals surface area contributed by atoms with Gasteiger partial charge in [0.25, 0.3) is 0 Å². The molecule has 1 aromatic heterocycles. The number of aromatic nitrogens is 3. The third-order valence-electron chi connectivity index (χ3n) is 2.55. The summed E-state index contributed by atoms with van der Waals surface area (Å²) in [6.07, 6.45) is 0.171. The topological polar surface area (TPSA) is 50.9 Å². The van der Waals surface area contributed by atoms with Crippen LogP contribution in [0.2, 0.25) is 0 Å². The summed E-state index contributed by atoms with van der Waals surface area (Å²) in [7, 11) is 1.60. The van der Waals surface area contributed by atoms with Gasteiger partial charge in [0.1, 0.15) is 17.7 Å². The maximum atomic E-state index is 13.4. The van der Waals surface area contributed by atoms with Crippen molar-refractivity contribution in [1.82, 2.24) is 15.0 Å². The van der Waals surface area contributed by atoms with E-state index in [1.54, 1.807) is 7.05 Å². The Labute approximate surface area is 96.5 Å². The van der Waals surface area contributed by atoms with Crippen LogP contribution in [0.3, 0.4) is 0 Å². The molecule has 2 aromatic rings. The van der Waals surface area contributed by atoms with Gasteiger partial charge in [-0.05, 0) is 12.1 Å². The molecule has 1 aromatic carbocycles. The predicted octanol–water partition coefficient (Wildman–Crippen LogP) is 1.37. The van der Waals surface area contributed by atoms with Gasteiger partial charge >= 0.3 is 0 Å². The van der Waals surface area contributed by atoms with Crippen LogP contribution in [0.4, 0.5) is 8.78 Å². The first-order valence-electron chi connectivity index (χ1n) is 5.05. The summed E-state index contributed by atoms with van der Waals surface area (Å²) in [4.78, 5) is 0. The summed E-state index contributed by atoms with van der Waals surface area (Å²) < 4.78 is 28.1. The quantitative estimate of drug-likeness (QED) is 0.880. The largest absolute Gasteiger partial charge is 0.386 e. The molecule has 0 aliphatic heterocycles. The molecule has 0 saturated heterocycles. The van der Waals surface area contributed by atoms with Crippen LogP contribution in [-0.2, 0) is 13.5 Å². The summed E-state index contributed by atoms with van der Waals surface area (Å²) in [6.45, 7) is 0. The molecule has 4 nitrogen and oxygen atoms in total. The van der Waals surface area contributed by atoms with Crippen molar-refractivity contribution in [2.75, 3.05) is 0 Å². The number of hydrogen-bond acceptors (Lipinski definition) is 3. The summed E-state index contributed by atoms with van der Waals surface area (Å²) >= 11 is 0. The van der Waals surface area contributed by atoms with E-state index in [-0.39, 0.29) is 12.0 Å². The Kier molecular flexibility index (Phi) is 3.14. The van der Waals surface area contributed by atoms with Crippen molar-refractivity contribution >= 4 is 0 Å². The van der Waals surface area contributed by atoms with Crippen LogP contribution >= 0.6 is 0 Å². The second kappa shape index (κ2) is 4.58. The fraction of sp³-hybridized carbons (Fsp3) is 0.273. The van der Waals surface area contributed by atoms with Gasteiger partial charge < -0.3 is 5.11 Å². The second-order valence-electron chi connectivity index (χ2n) is 3.70. The molecule has 0 aliphatic carbocycles. The number of aliphatic hydroxyl groups excluding tert-OH is 1. The molecule has 0 spiro atoms. The van der Waals surface area contributed by atoms with Crippen LogP contribution in [0.1, 0.15) is 17.4 Å². The maximum Gasteiger partial charge on any atom is 0.129 e. The van der Waals surface area contributed by atoms with Gasteiger partial charge in [0.15, 0.2) is 0 Å². The predicted molar refractivity (Wildman–Crippen MR) is 56.0 cm³/mol. The smallest absolute Gasteiger partial charge is 0.129 e. The van der Waals surface area contributed by atoms with Crippen molar-refractivity contribution in [2.45, 2.75) is 12.5 Å². The Morgan fingerprint density at radius 1 is 1.35 bits per heavy atom. The van der Waals surface area contributed by atoms with E-state index in [1.165, 1.54) is 16.9 Å². The van der Waals surface area contributed by atoms with E-state index in [0.29, 0.717) is 5.69 Å². The van der Waals surface area contributed by atoms with Gasteiger partial charge in [-0.1, -0.05) is 11.3 Å². The number of halogens is 2. The minimum absolute atomic E-state index is 0.138. The zero-order valence-corrected chi connectivity index (χ0v) is 9.14. The number of nitrogens with zero attached hydrogens (tertiary/aromatic N) is 3. The molecule has 1 atom stereocenters. The van der Waals surface area contributed by atoms with Crippen molar-refractivity contribution in [3.63, 3.8) is 0 Å². The third kappa shape index (κ3) is 2.31. The summed E-state index contributed by atoms with van der Waals surface area (Å²) in [5.41, 5.74) is 0.272. The van der Waals surface area contributed by atoms with E-state index in [0.717, 1.165) is 12.1 Å². The number of rotatable bonds is 3. The molecule has 0 amide bonds. The highest BCUT2D eigenvalue weighted by atomic mass is 19.1. The number of aryl methyl sites for hydroxylation is 1. The lowest BCUT2D eigenvalue weighted by atomic mass is 10.0. The molecule has 17 heavy (non-hydrogen) atoms. The zero-order valence-electron chi connectivity index (χ0n) is 9.14. The molecular weight excluding hydrogens is 228 g/mol. The molecule has 6 heteroatoms. The Bertz CT molecular complexity index is 507. The average Bonchev–Trinajstić information content (AvgIpc) is 2.70. The highest BCUT2D eigenvalue weighted by Crippen LogP contribution is 2.21. The van der Waals surface area contributed by atoms with E-state index < -0.39 is 17.7 Å². The minimum Gasteiger partial charge on any atom is -0.386 e. The van der Waals surface area contributed by atoms with Gasteiger partial charge in [0.05, 0.1) is 11.9 Å². The average molecular weight is 239 g/mol. The van der Waals surface area contributed by atoms with Crippen LogP contribution in [0.15, 0.2) is 24.4 Å². The molecule has 0 bridgehead atoms. The van der Waals surface area contributed by atoms with E-state index in [9.17, 15) is 13.9 Å². The molecule has 1 N–H and O–H groups in total. The van der Waals surface area contributed by atoms with E-state index in [4.69, 9.17) is 0 Å². The monoisotopic (exact) mass is 239 g/mol. The third-order valence-corrected chi connectivity index (χ3v) is 2.55. The molecule has 0 aliphatic rings. The van der Waals surface area contributed by atoms with Crippen LogP contribution in [-0.4, -0.2) is 20.1 Å². The van der Waals surface area contributed by atoms with Crippen LogP contribution in [0, 0.1) is 11.6 Å². The summed E-state index contributed by atoms with van der Waals surface area (Å²) in [5.74, 6) is -1.33. The lowest BCUT2D eigenvalue weighted by Gasteiger charge is -2.11. The lowest BCUT2D eigenvalue weighted by molar-refractivity contribution is 0.166. The molecule has 1 heterocycles. The fourth-order valence-electron chi connectivity index (χ4n) is 1.62. The number of benzene rings is 1. The molecule has 0 saturated carbocycles. The van der Waals surface area contributed by atoms with Gasteiger partial charge in [0, 0.05) is 19.0 Å². The van der Waals surface area contributed by atoms with Crippen molar-refractivity contribution < 1.29 is 13.9 Å². The first-order chi connectivity index (χ1) is 8.09. The standard InChI is InChI=1S/C11H11F2N3O/c1-16-10(6-14-15-16)11(17)5-7-8(12)3-2-4-9(7)13/h2-4,6,11,17H,5H2,1H3. The van der Waals surface area contributed by atoms with Crippen molar-refractivity contribution in [3.8, 4) is 0 Å². The minimum atomic E-state index is -1.04. The number of aliphatic hydroxyl groups is 1.